The van der Waals surface area contributed by atoms with Crippen molar-refractivity contribution in [1.29, 1.82) is 0 Å². The van der Waals surface area contributed by atoms with Crippen molar-refractivity contribution in [2.75, 3.05) is 6.54 Å². The summed E-state index contributed by atoms with van der Waals surface area (Å²) in [6, 6.07) is 19.5. The summed E-state index contributed by atoms with van der Waals surface area (Å²) < 4.78 is 0. The van der Waals surface area contributed by atoms with Gasteiger partial charge in [0.2, 0.25) is 0 Å². The molecule has 0 radical (unpaired) electrons. The van der Waals surface area contributed by atoms with Crippen molar-refractivity contribution < 1.29 is 9.59 Å². The largest absolute Gasteiger partial charge is 0.298 e. The molecule has 26 heavy (non-hydrogen) atoms. The highest BCUT2D eigenvalue weighted by molar-refractivity contribution is 7.80. The first-order valence-corrected chi connectivity index (χ1v) is 8.62. The smallest absolute Gasteiger partial charge is 0.265 e. The van der Waals surface area contributed by atoms with E-state index in [0.717, 1.165) is 11.1 Å². The number of thiocarbonyl (C=S) groups is 1. The van der Waals surface area contributed by atoms with Crippen LogP contribution in [0.4, 0.5) is 0 Å². The highest BCUT2D eigenvalue weighted by Crippen LogP contribution is 2.28. The number of amides is 2. The first-order chi connectivity index (χ1) is 12.6. The SMILES string of the molecule is C=CCN1C(=O)/C(=C\C(c2ccccc2)c2ccccc2)C(=O)NC1=S. The van der Waals surface area contributed by atoms with E-state index in [1.165, 1.54) is 4.90 Å². The number of carbonyl (C=O) groups excluding carboxylic acids is 2. The lowest BCUT2D eigenvalue weighted by Gasteiger charge is -2.28. The van der Waals surface area contributed by atoms with E-state index in [-0.39, 0.29) is 23.1 Å². The highest BCUT2D eigenvalue weighted by atomic mass is 32.1. The molecule has 0 aliphatic carbocycles. The summed E-state index contributed by atoms with van der Waals surface area (Å²) in [6.45, 7) is 3.88. The Morgan fingerprint density at radius 2 is 1.54 bits per heavy atom. The zero-order valence-electron chi connectivity index (χ0n) is 14.1. The Bertz CT molecular complexity index is 836. The maximum atomic E-state index is 12.8. The zero-order chi connectivity index (χ0) is 18.5. The van der Waals surface area contributed by atoms with Gasteiger partial charge in [-0.2, -0.15) is 0 Å². The lowest BCUT2D eigenvalue weighted by atomic mass is 9.89. The van der Waals surface area contributed by atoms with E-state index in [4.69, 9.17) is 12.2 Å². The van der Waals surface area contributed by atoms with Gasteiger partial charge >= 0.3 is 0 Å². The molecule has 0 bridgehead atoms. The Morgan fingerprint density at radius 1 is 1.00 bits per heavy atom. The molecule has 1 aliphatic heterocycles. The molecule has 0 aromatic heterocycles. The number of benzene rings is 2. The minimum atomic E-state index is -0.475. The van der Waals surface area contributed by atoms with E-state index in [0.29, 0.717) is 0 Å². The van der Waals surface area contributed by atoms with Crippen LogP contribution in [0.15, 0.2) is 85.0 Å². The average Bonchev–Trinajstić information content (AvgIpc) is 2.66. The van der Waals surface area contributed by atoms with Gasteiger partial charge in [0.25, 0.3) is 11.8 Å². The molecular weight excluding hydrogens is 344 g/mol. The molecule has 0 unspecified atom stereocenters. The van der Waals surface area contributed by atoms with E-state index in [9.17, 15) is 9.59 Å². The molecule has 4 nitrogen and oxygen atoms in total. The highest BCUT2D eigenvalue weighted by Gasteiger charge is 2.33. The number of nitrogens with one attached hydrogen (secondary N) is 1. The van der Waals surface area contributed by atoms with Crippen LogP contribution in [-0.2, 0) is 9.59 Å². The van der Waals surface area contributed by atoms with E-state index in [1.54, 1.807) is 12.2 Å². The molecule has 2 aromatic rings. The predicted molar refractivity (Wildman–Crippen MR) is 105 cm³/mol. The van der Waals surface area contributed by atoms with Crippen molar-refractivity contribution in [2.24, 2.45) is 0 Å². The molecule has 2 amide bonds. The predicted octanol–water partition coefficient (Wildman–Crippen LogP) is 3.17. The summed E-state index contributed by atoms with van der Waals surface area (Å²) in [6.07, 6.45) is 3.28. The van der Waals surface area contributed by atoms with Crippen molar-refractivity contribution in [3.05, 3.63) is 96.1 Å². The van der Waals surface area contributed by atoms with Gasteiger partial charge in [0, 0.05) is 12.5 Å². The summed E-state index contributed by atoms with van der Waals surface area (Å²) in [5.41, 5.74) is 2.07. The third kappa shape index (κ3) is 3.63. The molecule has 1 aliphatic rings. The van der Waals surface area contributed by atoms with Gasteiger partial charge in [-0.15, -0.1) is 6.58 Å². The molecule has 1 heterocycles. The fraction of sp³-hybridized carbons (Fsp3) is 0.0952. The monoisotopic (exact) mass is 362 g/mol. The number of hydrogen-bond donors (Lipinski definition) is 1. The topological polar surface area (TPSA) is 49.4 Å². The third-order valence-electron chi connectivity index (χ3n) is 4.15. The van der Waals surface area contributed by atoms with Gasteiger partial charge in [-0.25, -0.2) is 0 Å². The molecule has 0 atom stereocenters. The Kier molecular flexibility index (Phi) is 5.39. The molecule has 5 heteroatoms. The second kappa shape index (κ2) is 7.89. The van der Waals surface area contributed by atoms with E-state index in [2.05, 4.69) is 11.9 Å². The number of rotatable bonds is 5. The van der Waals surface area contributed by atoms with Crippen LogP contribution in [0, 0.1) is 0 Å². The number of allylic oxidation sites excluding steroid dienone is 1. The summed E-state index contributed by atoms with van der Waals surface area (Å²) in [5, 5.41) is 2.69. The van der Waals surface area contributed by atoms with Crippen LogP contribution < -0.4 is 5.32 Å². The normalized spacial score (nSPS) is 16.1. The van der Waals surface area contributed by atoms with Crippen molar-refractivity contribution in [1.82, 2.24) is 10.2 Å². The number of hydrogen-bond acceptors (Lipinski definition) is 3. The number of carbonyl (C=O) groups is 2. The van der Waals surface area contributed by atoms with Gasteiger partial charge in [-0.05, 0) is 23.3 Å². The minimum Gasteiger partial charge on any atom is -0.298 e. The summed E-state index contributed by atoms with van der Waals surface area (Å²) in [5.74, 6) is -1.10. The maximum Gasteiger partial charge on any atom is 0.265 e. The standard InChI is InChI=1S/C21H18N2O2S/c1-2-13-23-20(25)18(19(24)22-21(23)26)14-17(15-9-5-3-6-10-15)16-11-7-4-8-12-16/h2-12,14,17H,1,13H2,(H,22,24,26)/b18-14-. The Balaban J connectivity index is 2.07. The fourth-order valence-corrected chi connectivity index (χ4v) is 3.13. The summed E-state index contributed by atoms with van der Waals surface area (Å²) >= 11 is 5.10. The van der Waals surface area contributed by atoms with Crippen LogP contribution in [0.2, 0.25) is 0 Å². The zero-order valence-corrected chi connectivity index (χ0v) is 14.9. The summed E-state index contributed by atoms with van der Waals surface area (Å²) in [7, 11) is 0. The van der Waals surface area contributed by atoms with Gasteiger partial charge in [-0.1, -0.05) is 72.8 Å². The second-order valence-corrected chi connectivity index (χ2v) is 6.23. The minimum absolute atomic E-state index is 0.0816. The Labute approximate surface area is 157 Å². The van der Waals surface area contributed by atoms with Gasteiger partial charge in [0.1, 0.15) is 5.57 Å². The van der Waals surface area contributed by atoms with Crippen LogP contribution >= 0.6 is 12.2 Å². The second-order valence-electron chi connectivity index (χ2n) is 5.84. The maximum absolute atomic E-state index is 12.8. The Morgan fingerprint density at radius 3 is 2.04 bits per heavy atom. The van der Waals surface area contributed by atoms with Crippen LogP contribution in [-0.4, -0.2) is 28.4 Å². The number of nitrogens with zero attached hydrogens (tertiary/aromatic N) is 1. The molecule has 2 aromatic carbocycles. The molecule has 0 saturated carbocycles. The van der Waals surface area contributed by atoms with Crippen molar-refractivity contribution in [3.63, 3.8) is 0 Å². The van der Waals surface area contributed by atoms with Crippen molar-refractivity contribution in [2.45, 2.75) is 5.92 Å². The average molecular weight is 362 g/mol. The van der Waals surface area contributed by atoms with Crippen LogP contribution in [0.3, 0.4) is 0 Å². The van der Waals surface area contributed by atoms with Crippen molar-refractivity contribution in [3.8, 4) is 0 Å². The van der Waals surface area contributed by atoms with Gasteiger partial charge in [-0.3, -0.25) is 19.8 Å². The van der Waals surface area contributed by atoms with Gasteiger partial charge in [0.05, 0.1) is 0 Å². The van der Waals surface area contributed by atoms with Crippen LogP contribution in [0.25, 0.3) is 0 Å². The molecule has 130 valence electrons. The summed E-state index contributed by atoms with van der Waals surface area (Å²) in [4.78, 5) is 26.6. The molecule has 1 saturated heterocycles. The Hall–Kier alpha value is -3.05. The first-order valence-electron chi connectivity index (χ1n) is 8.21. The van der Waals surface area contributed by atoms with Gasteiger partial charge in [0.15, 0.2) is 5.11 Å². The van der Waals surface area contributed by atoms with E-state index in [1.807, 2.05) is 60.7 Å². The molecule has 3 rings (SSSR count). The lowest BCUT2D eigenvalue weighted by Crippen LogP contribution is -2.54. The molecule has 0 spiro atoms. The van der Waals surface area contributed by atoms with E-state index >= 15 is 0 Å². The fourth-order valence-electron chi connectivity index (χ4n) is 2.88. The molecule has 1 N–H and O–H groups in total. The quantitative estimate of drug-likeness (QED) is 0.385. The van der Waals surface area contributed by atoms with Crippen LogP contribution in [0.5, 0.6) is 0 Å². The molecular formula is C21H18N2O2S. The van der Waals surface area contributed by atoms with E-state index < -0.39 is 11.8 Å². The van der Waals surface area contributed by atoms with Gasteiger partial charge < -0.3 is 0 Å². The lowest BCUT2D eigenvalue weighted by molar-refractivity contribution is -0.128. The van der Waals surface area contributed by atoms with Crippen molar-refractivity contribution >= 4 is 29.1 Å². The third-order valence-corrected chi connectivity index (χ3v) is 4.47. The first kappa shape index (κ1) is 17.8. The molecule has 1 fully saturated rings. The van der Waals surface area contributed by atoms with Crippen LogP contribution in [0.1, 0.15) is 17.0 Å².